The maximum absolute atomic E-state index is 11.7. The molecule has 0 bridgehead atoms. The van der Waals surface area contributed by atoms with Crippen LogP contribution in [-0.2, 0) is 10.0 Å². The zero-order valence-electron chi connectivity index (χ0n) is 10.5. The number of amides is 1. The molecular weight excluding hydrogens is 300 g/mol. The number of ether oxygens (including phenoxy) is 1. The van der Waals surface area contributed by atoms with Gasteiger partial charge in [-0.3, -0.25) is 4.79 Å². The third-order valence-electron chi connectivity index (χ3n) is 2.65. The Kier molecular flexibility index (Phi) is 3.80. The van der Waals surface area contributed by atoms with Gasteiger partial charge < -0.3 is 10.5 Å². The monoisotopic (exact) mass is 312 g/mol. The molecule has 4 N–H and O–H groups in total. The number of hydrogen-bond acceptors (Lipinski definition) is 5. The summed E-state index contributed by atoms with van der Waals surface area (Å²) < 4.78 is 28.7. The molecule has 1 amide bonds. The van der Waals surface area contributed by atoms with E-state index >= 15 is 0 Å². The lowest BCUT2D eigenvalue weighted by Crippen LogP contribution is -2.19. The van der Waals surface area contributed by atoms with Crippen molar-refractivity contribution in [3.8, 4) is 16.9 Å². The second kappa shape index (κ2) is 5.23. The van der Waals surface area contributed by atoms with Crippen molar-refractivity contribution < 1.29 is 17.9 Å². The van der Waals surface area contributed by atoms with Gasteiger partial charge in [0.05, 0.1) is 7.11 Å². The lowest BCUT2D eigenvalue weighted by atomic mass is 10.1. The molecule has 0 aliphatic rings. The van der Waals surface area contributed by atoms with Gasteiger partial charge in [-0.1, -0.05) is 18.2 Å². The Morgan fingerprint density at radius 3 is 2.45 bits per heavy atom. The summed E-state index contributed by atoms with van der Waals surface area (Å²) in [5, 5.41) is 6.73. The minimum atomic E-state index is -4.08. The van der Waals surface area contributed by atoms with Crippen LogP contribution in [0.15, 0.2) is 34.5 Å². The molecule has 0 saturated carbocycles. The number of thiophene rings is 1. The van der Waals surface area contributed by atoms with Gasteiger partial charge in [0.1, 0.15) is 15.5 Å². The van der Waals surface area contributed by atoms with E-state index in [1.807, 2.05) is 0 Å². The highest BCUT2D eigenvalue weighted by atomic mass is 32.2. The molecule has 6 nitrogen and oxygen atoms in total. The first-order chi connectivity index (χ1) is 9.36. The average Bonchev–Trinajstić information content (AvgIpc) is 2.83. The Morgan fingerprint density at radius 2 is 1.90 bits per heavy atom. The third kappa shape index (κ3) is 2.53. The van der Waals surface area contributed by atoms with Crippen LogP contribution in [0.5, 0.6) is 5.75 Å². The molecule has 0 spiro atoms. The van der Waals surface area contributed by atoms with E-state index in [2.05, 4.69) is 0 Å². The van der Waals surface area contributed by atoms with Crippen LogP contribution in [0.4, 0.5) is 0 Å². The first-order valence-electron chi connectivity index (χ1n) is 5.43. The molecule has 0 saturated heterocycles. The predicted molar refractivity (Wildman–Crippen MR) is 76.2 cm³/mol. The molecule has 2 aromatic rings. The highest BCUT2D eigenvalue weighted by Crippen LogP contribution is 2.38. The van der Waals surface area contributed by atoms with E-state index in [1.54, 1.807) is 24.3 Å². The average molecular weight is 312 g/mol. The van der Waals surface area contributed by atoms with Gasteiger partial charge in [-0.25, -0.2) is 13.6 Å². The fourth-order valence-corrected chi connectivity index (χ4v) is 4.07. The van der Waals surface area contributed by atoms with E-state index < -0.39 is 15.9 Å². The molecule has 0 atom stereocenters. The quantitative estimate of drug-likeness (QED) is 0.882. The highest BCUT2D eigenvalue weighted by Gasteiger charge is 2.26. The van der Waals surface area contributed by atoms with Crippen molar-refractivity contribution in [2.75, 3.05) is 7.11 Å². The number of rotatable bonds is 4. The second-order valence-electron chi connectivity index (χ2n) is 3.92. The molecular formula is C12H12N2O4S2. The van der Waals surface area contributed by atoms with Crippen molar-refractivity contribution in [3.05, 3.63) is 34.5 Å². The maximum Gasteiger partial charge on any atom is 0.260 e. The number of carbonyl (C=O) groups excluding carboxylic acids is 1. The van der Waals surface area contributed by atoms with E-state index in [-0.39, 0.29) is 9.77 Å². The number of hydrogen-bond donors (Lipinski definition) is 2. The second-order valence-corrected chi connectivity index (χ2v) is 6.30. The van der Waals surface area contributed by atoms with E-state index in [9.17, 15) is 13.2 Å². The zero-order valence-corrected chi connectivity index (χ0v) is 12.1. The summed E-state index contributed by atoms with van der Waals surface area (Å²) in [6.07, 6.45) is 0. The van der Waals surface area contributed by atoms with Gasteiger partial charge >= 0.3 is 0 Å². The van der Waals surface area contributed by atoms with Gasteiger partial charge in [-0.2, -0.15) is 0 Å². The van der Waals surface area contributed by atoms with E-state index in [0.717, 1.165) is 11.3 Å². The Hall–Kier alpha value is -1.90. The normalized spacial score (nSPS) is 11.3. The van der Waals surface area contributed by atoms with Crippen LogP contribution >= 0.6 is 11.3 Å². The van der Waals surface area contributed by atoms with Crippen LogP contribution in [0.3, 0.4) is 0 Å². The van der Waals surface area contributed by atoms with Gasteiger partial charge in [-0.15, -0.1) is 11.3 Å². The predicted octanol–water partition coefficient (Wildman–Crippen LogP) is 1.17. The number of nitrogens with two attached hydrogens (primary N) is 2. The minimum absolute atomic E-state index is 0.0894. The fourth-order valence-electron chi connectivity index (χ4n) is 1.85. The Bertz CT molecular complexity index is 766. The highest BCUT2D eigenvalue weighted by molar-refractivity contribution is 7.89. The zero-order chi connectivity index (χ0) is 14.9. The van der Waals surface area contributed by atoms with Gasteiger partial charge in [0, 0.05) is 16.5 Å². The van der Waals surface area contributed by atoms with Crippen molar-refractivity contribution in [2.24, 2.45) is 10.9 Å². The van der Waals surface area contributed by atoms with Crippen molar-refractivity contribution in [1.82, 2.24) is 0 Å². The fraction of sp³-hybridized carbons (Fsp3) is 0.0833. The van der Waals surface area contributed by atoms with Crippen LogP contribution in [0.1, 0.15) is 9.67 Å². The van der Waals surface area contributed by atoms with E-state index in [0.29, 0.717) is 16.9 Å². The molecule has 0 unspecified atom stereocenters. The molecule has 2 rings (SSSR count). The van der Waals surface area contributed by atoms with Gasteiger partial charge in [-0.05, 0) is 6.07 Å². The van der Waals surface area contributed by atoms with Crippen molar-refractivity contribution >= 4 is 27.3 Å². The number of para-hydroxylation sites is 1. The maximum atomic E-state index is 11.7. The first-order valence-corrected chi connectivity index (χ1v) is 7.86. The first kappa shape index (κ1) is 14.5. The Balaban J connectivity index is 2.79. The summed E-state index contributed by atoms with van der Waals surface area (Å²) in [5.74, 6) is -0.355. The molecule has 0 aliphatic carbocycles. The standard InChI is InChI=1S/C12H12N2O4S2/c1-18-9-5-3-2-4-7(9)8-6-19-10(12(13)15)11(8)20(14,16)17/h2-6H,1H3,(H2,13,15)(H2,14,16,17). The number of methoxy groups -OCH3 is 1. The molecule has 1 heterocycles. The van der Waals surface area contributed by atoms with Crippen LogP contribution in [0.25, 0.3) is 11.1 Å². The SMILES string of the molecule is COc1ccccc1-c1csc(C(N)=O)c1S(N)(=O)=O. The molecule has 1 aromatic heterocycles. The topological polar surface area (TPSA) is 112 Å². The van der Waals surface area contributed by atoms with Crippen molar-refractivity contribution in [2.45, 2.75) is 4.90 Å². The lowest BCUT2D eigenvalue weighted by Gasteiger charge is -2.09. The summed E-state index contributed by atoms with van der Waals surface area (Å²) in [4.78, 5) is 11.0. The third-order valence-corrected chi connectivity index (χ3v) is 4.77. The summed E-state index contributed by atoms with van der Waals surface area (Å²) in [6, 6.07) is 6.84. The Morgan fingerprint density at radius 1 is 1.25 bits per heavy atom. The van der Waals surface area contributed by atoms with Crippen LogP contribution in [-0.4, -0.2) is 21.4 Å². The molecule has 0 aliphatic heterocycles. The van der Waals surface area contributed by atoms with Gasteiger partial charge in [0.2, 0.25) is 10.0 Å². The van der Waals surface area contributed by atoms with E-state index in [4.69, 9.17) is 15.6 Å². The summed E-state index contributed by atoms with van der Waals surface area (Å²) in [6.45, 7) is 0. The smallest absolute Gasteiger partial charge is 0.260 e. The molecule has 0 radical (unpaired) electrons. The largest absolute Gasteiger partial charge is 0.496 e. The van der Waals surface area contributed by atoms with Gasteiger partial charge in [0.25, 0.3) is 5.91 Å². The van der Waals surface area contributed by atoms with Crippen LogP contribution < -0.4 is 15.6 Å². The summed E-state index contributed by atoms with van der Waals surface area (Å²) >= 11 is 0.936. The number of carbonyl (C=O) groups is 1. The van der Waals surface area contributed by atoms with Gasteiger partial charge in [0.15, 0.2) is 0 Å². The van der Waals surface area contributed by atoms with E-state index in [1.165, 1.54) is 12.5 Å². The molecule has 0 fully saturated rings. The number of primary amides is 1. The Labute approximate surface area is 120 Å². The minimum Gasteiger partial charge on any atom is -0.496 e. The van der Waals surface area contributed by atoms with Crippen molar-refractivity contribution in [3.63, 3.8) is 0 Å². The molecule has 106 valence electrons. The van der Waals surface area contributed by atoms with Crippen molar-refractivity contribution in [1.29, 1.82) is 0 Å². The number of sulfonamides is 1. The lowest BCUT2D eigenvalue weighted by molar-refractivity contribution is 0.100. The number of benzene rings is 1. The molecule has 8 heteroatoms. The van der Waals surface area contributed by atoms with Crippen LogP contribution in [0.2, 0.25) is 0 Å². The summed E-state index contributed by atoms with van der Waals surface area (Å²) in [7, 11) is -2.62. The summed E-state index contributed by atoms with van der Waals surface area (Å²) in [5.41, 5.74) is 6.03. The molecule has 20 heavy (non-hydrogen) atoms. The molecule has 1 aromatic carbocycles. The van der Waals surface area contributed by atoms with Crippen LogP contribution in [0, 0.1) is 0 Å². The number of primary sulfonamides is 1.